The minimum absolute atomic E-state index is 0.127. The number of benzene rings is 3. The summed E-state index contributed by atoms with van der Waals surface area (Å²) in [7, 11) is 0. The fourth-order valence-corrected chi connectivity index (χ4v) is 3.13. The van der Waals surface area contributed by atoms with E-state index in [1.54, 1.807) is 42.5 Å². The average molecular weight is 372 g/mol. The summed E-state index contributed by atoms with van der Waals surface area (Å²) in [6.45, 7) is 0. The molecule has 136 valence electrons. The molecule has 7 nitrogen and oxygen atoms in total. The number of fused-ring (bicyclic) bond motifs is 2. The van der Waals surface area contributed by atoms with E-state index in [9.17, 15) is 24.8 Å². The topological polar surface area (TPSA) is 110 Å². The van der Waals surface area contributed by atoms with E-state index in [-0.39, 0.29) is 45.4 Å². The third-order valence-corrected chi connectivity index (χ3v) is 4.50. The fraction of sp³-hybridized carbons (Fsp3) is 0. The first-order valence-electron chi connectivity index (χ1n) is 8.30. The molecule has 3 aromatic rings. The van der Waals surface area contributed by atoms with Gasteiger partial charge in [-0.15, -0.1) is 0 Å². The summed E-state index contributed by atoms with van der Waals surface area (Å²) < 4.78 is 0. The molecule has 0 fully saturated rings. The number of aromatic hydroxyl groups is 1. The number of nitrogens with zero attached hydrogens (tertiary/aromatic N) is 2. The lowest BCUT2D eigenvalue weighted by atomic mass is 9.83. The summed E-state index contributed by atoms with van der Waals surface area (Å²) >= 11 is 0. The van der Waals surface area contributed by atoms with Gasteiger partial charge in [-0.2, -0.15) is 0 Å². The van der Waals surface area contributed by atoms with Gasteiger partial charge in [0.05, 0.1) is 16.2 Å². The van der Waals surface area contributed by atoms with Crippen LogP contribution in [0.25, 0.3) is 0 Å². The highest BCUT2D eigenvalue weighted by Gasteiger charge is 2.31. The van der Waals surface area contributed by atoms with Crippen molar-refractivity contribution in [1.29, 1.82) is 0 Å². The maximum absolute atomic E-state index is 12.9. The molecule has 0 aliphatic heterocycles. The largest absolute Gasteiger partial charge is 0.507 e. The van der Waals surface area contributed by atoms with Crippen molar-refractivity contribution in [3.8, 4) is 5.75 Å². The summed E-state index contributed by atoms with van der Waals surface area (Å²) in [6, 6.07) is 14.9. The fourth-order valence-electron chi connectivity index (χ4n) is 3.13. The van der Waals surface area contributed by atoms with Crippen LogP contribution in [0.2, 0.25) is 0 Å². The van der Waals surface area contributed by atoms with Gasteiger partial charge in [0, 0.05) is 40.6 Å². The Hall–Kier alpha value is -4.13. The van der Waals surface area contributed by atoms with E-state index in [1.165, 1.54) is 24.4 Å². The molecular weight excluding hydrogens is 360 g/mol. The second-order valence-corrected chi connectivity index (χ2v) is 6.16. The molecule has 0 bridgehead atoms. The molecule has 1 aliphatic rings. The van der Waals surface area contributed by atoms with Gasteiger partial charge >= 0.3 is 0 Å². The number of carbonyl (C=O) groups is 2. The van der Waals surface area contributed by atoms with Crippen LogP contribution in [0.4, 0.5) is 11.4 Å². The van der Waals surface area contributed by atoms with Crippen LogP contribution in [-0.2, 0) is 0 Å². The molecule has 1 aliphatic carbocycles. The van der Waals surface area contributed by atoms with E-state index >= 15 is 0 Å². The van der Waals surface area contributed by atoms with Gasteiger partial charge < -0.3 is 5.11 Å². The Morgan fingerprint density at radius 2 is 1.57 bits per heavy atom. The number of aliphatic imine (C=N–C) groups is 1. The van der Waals surface area contributed by atoms with Crippen molar-refractivity contribution in [1.82, 2.24) is 0 Å². The number of phenolic OH excluding ortho intramolecular Hbond substituents is 1. The lowest BCUT2D eigenvalue weighted by Gasteiger charge is -2.18. The van der Waals surface area contributed by atoms with E-state index in [0.717, 1.165) is 0 Å². The van der Waals surface area contributed by atoms with Crippen molar-refractivity contribution in [3.05, 3.63) is 98.6 Å². The van der Waals surface area contributed by atoms with Crippen LogP contribution in [0, 0.1) is 10.1 Å². The molecule has 0 amide bonds. The van der Waals surface area contributed by atoms with Gasteiger partial charge in [0.1, 0.15) is 5.75 Å². The van der Waals surface area contributed by atoms with Gasteiger partial charge in [-0.3, -0.25) is 24.7 Å². The van der Waals surface area contributed by atoms with E-state index in [1.807, 2.05) is 0 Å². The number of nitro groups is 1. The van der Waals surface area contributed by atoms with Crippen molar-refractivity contribution in [2.24, 2.45) is 4.99 Å². The van der Waals surface area contributed by atoms with Crippen LogP contribution in [0.5, 0.6) is 5.75 Å². The summed E-state index contributed by atoms with van der Waals surface area (Å²) in [5.41, 5.74) is 1.25. The summed E-state index contributed by atoms with van der Waals surface area (Å²) in [6.07, 6.45) is 1.23. The number of hydrogen-bond acceptors (Lipinski definition) is 6. The monoisotopic (exact) mass is 372 g/mol. The minimum atomic E-state index is -0.583. The maximum atomic E-state index is 12.9. The second kappa shape index (κ2) is 6.55. The van der Waals surface area contributed by atoms with Crippen LogP contribution in [0.15, 0.2) is 65.7 Å². The van der Waals surface area contributed by atoms with E-state index in [0.29, 0.717) is 11.1 Å². The zero-order chi connectivity index (χ0) is 19.8. The zero-order valence-corrected chi connectivity index (χ0v) is 14.3. The molecule has 0 saturated carbocycles. The first-order valence-corrected chi connectivity index (χ1v) is 8.30. The Morgan fingerprint density at radius 1 is 0.893 bits per heavy atom. The molecule has 0 radical (unpaired) electrons. The summed E-state index contributed by atoms with van der Waals surface area (Å²) in [5, 5.41) is 20.8. The molecule has 0 heterocycles. The molecule has 0 saturated heterocycles. The molecule has 7 heteroatoms. The molecule has 0 aromatic heterocycles. The third-order valence-electron chi connectivity index (χ3n) is 4.50. The van der Waals surface area contributed by atoms with Crippen molar-refractivity contribution in [2.75, 3.05) is 0 Å². The predicted octanol–water partition coefficient (Wildman–Crippen LogP) is 3.83. The highest BCUT2D eigenvalue weighted by molar-refractivity contribution is 6.30. The van der Waals surface area contributed by atoms with Gasteiger partial charge in [-0.1, -0.05) is 36.4 Å². The lowest BCUT2D eigenvalue weighted by Crippen LogP contribution is -2.20. The average Bonchev–Trinajstić information content (AvgIpc) is 2.71. The number of carbonyl (C=O) groups excluding carboxylic acids is 2. The quantitative estimate of drug-likeness (QED) is 0.334. The molecule has 0 spiro atoms. The number of rotatable bonds is 3. The van der Waals surface area contributed by atoms with Gasteiger partial charge in [-0.05, 0) is 12.1 Å². The van der Waals surface area contributed by atoms with Gasteiger partial charge in [-0.25, -0.2) is 0 Å². The van der Waals surface area contributed by atoms with E-state index in [4.69, 9.17) is 0 Å². The van der Waals surface area contributed by atoms with Crippen LogP contribution in [-0.4, -0.2) is 27.8 Å². The highest BCUT2D eigenvalue weighted by Crippen LogP contribution is 2.33. The van der Waals surface area contributed by atoms with Crippen LogP contribution >= 0.6 is 0 Å². The lowest BCUT2D eigenvalue weighted by molar-refractivity contribution is -0.384. The van der Waals surface area contributed by atoms with Gasteiger partial charge in [0.15, 0.2) is 11.6 Å². The Labute approximate surface area is 158 Å². The number of hydrogen-bond donors (Lipinski definition) is 1. The number of nitro benzene ring substituents is 1. The van der Waals surface area contributed by atoms with Crippen molar-refractivity contribution in [2.45, 2.75) is 0 Å². The molecule has 0 unspecified atom stereocenters. The van der Waals surface area contributed by atoms with Crippen molar-refractivity contribution >= 4 is 29.2 Å². The number of ketones is 2. The van der Waals surface area contributed by atoms with E-state index in [2.05, 4.69) is 4.99 Å². The predicted molar refractivity (Wildman–Crippen MR) is 102 cm³/mol. The molecule has 3 aromatic carbocycles. The second-order valence-electron chi connectivity index (χ2n) is 6.16. The first kappa shape index (κ1) is 17.3. The Balaban J connectivity index is 1.81. The Bertz CT molecular complexity index is 1200. The van der Waals surface area contributed by atoms with Gasteiger partial charge in [0.2, 0.25) is 0 Å². The van der Waals surface area contributed by atoms with E-state index < -0.39 is 4.92 Å². The van der Waals surface area contributed by atoms with Crippen LogP contribution < -0.4 is 0 Å². The first-order chi connectivity index (χ1) is 13.5. The minimum Gasteiger partial charge on any atom is -0.507 e. The summed E-state index contributed by atoms with van der Waals surface area (Å²) in [5.74, 6) is -0.770. The van der Waals surface area contributed by atoms with Crippen molar-refractivity contribution in [3.63, 3.8) is 0 Å². The highest BCUT2D eigenvalue weighted by atomic mass is 16.6. The number of non-ortho nitro benzene ring substituents is 1. The Kier molecular flexibility index (Phi) is 4.04. The van der Waals surface area contributed by atoms with Crippen molar-refractivity contribution < 1.29 is 19.6 Å². The molecule has 0 atom stereocenters. The molecular formula is C21H12N2O5. The van der Waals surface area contributed by atoms with Gasteiger partial charge in [0.25, 0.3) is 5.69 Å². The zero-order valence-electron chi connectivity index (χ0n) is 14.3. The summed E-state index contributed by atoms with van der Waals surface area (Å²) in [4.78, 5) is 40.2. The molecule has 4 rings (SSSR count). The normalized spacial score (nSPS) is 12.7. The SMILES string of the molecule is O=C1c2ccccc2C(=O)c2c(N=Cc3cc([N+](=O)[O-])ccc3O)cccc21. The van der Waals surface area contributed by atoms with Crippen LogP contribution in [0.3, 0.4) is 0 Å². The smallest absolute Gasteiger partial charge is 0.270 e. The standard InChI is InChI=1S/C21H12N2O5/c24-18-9-8-13(23(27)28)10-12(18)11-22-17-7-3-6-16-19(17)21(26)15-5-2-1-4-14(15)20(16)25/h1-11,24H. The molecule has 28 heavy (non-hydrogen) atoms. The molecule has 1 N–H and O–H groups in total. The van der Waals surface area contributed by atoms with Crippen LogP contribution in [0.1, 0.15) is 37.4 Å². The maximum Gasteiger partial charge on any atom is 0.270 e. The Morgan fingerprint density at radius 3 is 2.29 bits per heavy atom. The third kappa shape index (κ3) is 2.75. The number of phenols is 1.